The number of morpholine rings is 1. The Bertz CT molecular complexity index is 750. The molecule has 1 N–H and O–H groups in total. The lowest BCUT2D eigenvalue weighted by atomic mass is 9.59. The molecular formula is C21H34N6O3. The van der Waals surface area contributed by atoms with E-state index in [2.05, 4.69) is 29.5 Å². The zero-order chi connectivity index (χ0) is 21.1. The lowest BCUT2D eigenvalue weighted by Gasteiger charge is -2.53. The summed E-state index contributed by atoms with van der Waals surface area (Å²) in [6, 6.07) is 0.322. The first-order valence-electron chi connectivity index (χ1n) is 11.3. The fourth-order valence-corrected chi connectivity index (χ4v) is 4.87. The summed E-state index contributed by atoms with van der Waals surface area (Å²) in [7, 11) is 0. The molecule has 1 aliphatic carbocycles. The molecule has 2 aliphatic heterocycles. The minimum Gasteiger partial charge on any atom is -0.378 e. The number of hydrogen-bond donors (Lipinski definition) is 1. The first kappa shape index (κ1) is 21.1. The number of rotatable bonds is 5. The van der Waals surface area contributed by atoms with Gasteiger partial charge < -0.3 is 19.9 Å². The Hall–Kier alpha value is -2.16. The molecule has 3 heterocycles. The summed E-state index contributed by atoms with van der Waals surface area (Å²) in [5.74, 6) is 0.527. The average molecular weight is 419 g/mol. The molecule has 1 unspecified atom stereocenters. The molecule has 1 spiro atoms. The first-order chi connectivity index (χ1) is 14.5. The third kappa shape index (κ3) is 4.31. The molecule has 1 aromatic rings. The summed E-state index contributed by atoms with van der Waals surface area (Å²) in [4.78, 5) is 28.8. The van der Waals surface area contributed by atoms with Crippen LogP contribution in [0.5, 0.6) is 0 Å². The SMILES string of the molecule is CC(C)CCNC(=O)N1CCC2(CCC2n2cc(C(=O)N3CCOCC3)nn2)CC1. The van der Waals surface area contributed by atoms with E-state index in [1.54, 1.807) is 4.90 Å². The van der Waals surface area contributed by atoms with Crippen LogP contribution >= 0.6 is 0 Å². The Labute approximate surface area is 178 Å². The van der Waals surface area contributed by atoms with E-state index in [9.17, 15) is 9.59 Å². The molecular weight excluding hydrogens is 384 g/mol. The molecule has 166 valence electrons. The lowest BCUT2D eigenvalue weighted by Crippen LogP contribution is -2.53. The molecule has 30 heavy (non-hydrogen) atoms. The van der Waals surface area contributed by atoms with Crippen molar-refractivity contribution in [2.75, 3.05) is 45.9 Å². The van der Waals surface area contributed by atoms with Crippen molar-refractivity contribution < 1.29 is 14.3 Å². The minimum absolute atomic E-state index is 0.0560. The summed E-state index contributed by atoms with van der Waals surface area (Å²) in [5.41, 5.74) is 0.586. The largest absolute Gasteiger partial charge is 0.378 e. The van der Waals surface area contributed by atoms with Gasteiger partial charge in [-0.05, 0) is 43.4 Å². The van der Waals surface area contributed by atoms with E-state index in [-0.39, 0.29) is 23.4 Å². The van der Waals surface area contributed by atoms with Gasteiger partial charge in [0, 0.05) is 32.7 Å². The van der Waals surface area contributed by atoms with Gasteiger partial charge in [-0.3, -0.25) is 4.79 Å². The summed E-state index contributed by atoms with van der Waals surface area (Å²) < 4.78 is 7.22. The van der Waals surface area contributed by atoms with Crippen LogP contribution in [0.3, 0.4) is 0 Å². The number of likely N-dealkylation sites (tertiary alicyclic amines) is 1. The van der Waals surface area contributed by atoms with Crippen LogP contribution in [0, 0.1) is 11.3 Å². The highest BCUT2D eigenvalue weighted by atomic mass is 16.5. The van der Waals surface area contributed by atoms with Gasteiger partial charge in [0.15, 0.2) is 5.69 Å². The number of carbonyl (C=O) groups is 2. The van der Waals surface area contributed by atoms with Gasteiger partial charge in [0.25, 0.3) is 5.91 Å². The number of urea groups is 1. The van der Waals surface area contributed by atoms with Gasteiger partial charge in [-0.2, -0.15) is 0 Å². The number of ether oxygens (including phenoxy) is 1. The van der Waals surface area contributed by atoms with Crippen LogP contribution in [0.2, 0.25) is 0 Å². The molecule has 1 aromatic heterocycles. The second kappa shape index (κ2) is 8.91. The van der Waals surface area contributed by atoms with Crippen LogP contribution in [0.25, 0.3) is 0 Å². The summed E-state index contributed by atoms with van der Waals surface area (Å²) >= 11 is 0. The number of hydrogen-bond acceptors (Lipinski definition) is 5. The highest BCUT2D eigenvalue weighted by Crippen LogP contribution is 2.56. The molecule has 3 fully saturated rings. The van der Waals surface area contributed by atoms with Gasteiger partial charge >= 0.3 is 6.03 Å². The minimum atomic E-state index is -0.0641. The topological polar surface area (TPSA) is 92.6 Å². The van der Waals surface area contributed by atoms with Crippen LogP contribution in [-0.4, -0.2) is 82.7 Å². The van der Waals surface area contributed by atoms with E-state index in [0.29, 0.717) is 37.9 Å². The quantitative estimate of drug-likeness (QED) is 0.789. The van der Waals surface area contributed by atoms with Gasteiger partial charge in [0.2, 0.25) is 0 Å². The van der Waals surface area contributed by atoms with Crippen LogP contribution in [0.1, 0.15) is 62.5 Å². The van der Waals surface area contributed by atoms with Gasteiger partial charge in [-0.15, -0.1) is 5.10 Å². The number of nitrogens with zero attached hydrogens (tertiary/aromatic N) is 5. The van der Waals surface area contributed by atoms with E-state index < -0.39 is 0 Å². The van der Waals surface area contributed by atoms with E-state index in [1.165, 1.54) is 0 Å². The van der Waals surface area contributed by atoms with Crippen molar-refractivity contribution in [3.8, 4) is 0 Å². The molecule has 1 saturated carbocycles. The predicted octanol–water partition coefficient (Wildman–Crippen LogP) is 1.92. The fourth-order valence-electron chi connectivity index (χ4n) is 4.87. The van der Waals surface area contributed by atoms with Crippen LogP contribution in [0.15, 0.2) is 6.20 Å². The third-order valence-corrected chi connectivity index (χ3v) is 7.01. The zero-order valence-electron chi connectivity index (χ0n) is 18.2. The predicted molar refractivity (Wildman–Crippen MR) is 111 cm³/mol. The number of nitrogens with one attached hydrogen (secondary N) is 1. The Morgan fingerprint density at radius 1 is 1.17 bits per heavy atom. The van der Waals surface area contributed by atoms with Gasteiger partial charge in [-0.1, -0.05) is 19.1 Å². The number of amides is 3. The van der Waals surface area contributed by atoms with Crippen molar-refractivity contribution in [2.24, 2.45) is 11.3 Å². The van der Waals surface area contributed by atoms with E-state index >= 15 is 0 Å². The first-order valence-corrected chi connectivity index (χ1v) is 11.3. The highest BCUT2D eigenvalue weighted by Gasteiger charge is 2.50. The second-order valence-electron chi connectivity index (χ2n) is 9.31. The highest BCUT2D eigenvalue weighted by molar-refractivity contribution is 5.92. The zero-order valence-corrected chi connectivity index (χ0v) is 18.2. The van der Waals surface area contributed by atoms with Crippen molar-refractivity contribution in [1.29, 1.82) is 0 Å². The Kier molecular flexibility index (Phi) is 6.26. The summed E-state index contributed by atoms with van der Waals surface area (Å²) in [6.07, 6.45) is 6.96. The molecule has 3 amide bonds. The molecule has 0 bridgehead atoms. The van der Waals surface area contributed by atoms with E-state index in [4.69, 9.17) is 4.74 Å². The molecule has 9 heteroatoms. The Morgan fingerprint density at radius 3 is 2.53 bits per heavy atom. The number of carbonyl (C=O) groups excluding carboxylic acids is 2. The fraction of sp³-hybridized carbons (Fsp3) is 0.810. The molecule has 3 aliphatic rings. The van der Waals surface area contributed by atoms with Crippen molar-refractivity contribution in [3.05, 3.63) is 11.9 Å². The molecule has 9 nitrogen and oxygen atoms in total. The van der Waals surface area contributed by atoms with E-state index in [1.807, 2.05) is 15.8 Å². The van der Waals surface area contributed by atoms with Crippen molar-refractivity contribution in [3.63, 3.8) is 0 Å². The maximum absolute atomic E-state index is 12.7. The molecule has 0 aromatic carbocycles. The smallest absolute Gasteiger partial charge is 0.317 e. The molecule has 1 atom stereocenters. The average Bonchev–Trinajstić information content (AvgIpc) is 3.22. The van der Waals surface area contributed by atoms with Crippen molar-refractivity contribution in [1.82, 2.24) is 30.1 Å². The van der Waals surface area contributed by atoms with Gasteiger partial charge in [0.1, 0.15) is 0 Å². The van der Waals surface area contributed by atoms with Crippen molar-refractivity contribution in [2.45, 2.75) is 52.0 Å². The standard InChI is InChI=1S/C21H34N6O3/c1-16(2)4-8-22-20(29)26-9-6-21(7-10-26)5-3-18(21)27-15-17(23-24-27)19(28)25-11-13-30-14-12-25/h15-16,18H,3-14H2,1-2H3,(H,22,29). The van der Waals surface area contributed by atoms with E-state index in [0.717, 1.165) is 51.7 Å². The lowest BCUT2D eigenvalue weighted by molar-refractivity contribution is -0.0228. The van der Waals surface area contributed by atoms with Gasteiger partial charge in [0.05, 0.1) is 25.5 Å². The Balaban J connectivity index is 1.31. The van der Waals surface area contributed by atoms with Gasteiger partial charge in [-0.25, -0.2) is 9.48 Å². The maximum atomic E-state index is 12.7. The van der Waals surface area contributed by atoms with Crippen LogP contribution in [0.4, 0.5) is 4.79 Å². The monoisotopic (exact) mass is 418 g/mol. The summed E-state index contributed by atoms with van der Waals surface area (Å²) in [5, 5.41) is 11.5. The van der Waals surface area contributed by atoms with Crippen molar-refractivity contribution >= 4 is 11.9 Å². The Morgan fingerprint density at radius 2 is 1.90 bits per heavy atom. The number of aromatic nitrogens is 3. The molecule has 4 rings (SSSR count). The molecule has 2 saturated heterocycles. The normalized spacial score (nSPS) is 23.5. The van der Waals surface area contributed by atoms with Crippen LogP contribution in [-0.2, 0) is 4.74 Å². The third-order valence-electron chi connectivity index (χ3n) is 7.01. The summed E-state index contributed by atoms with van der Waals surface area (Å²) in [6.45, 7) is 8.98. The number of piperidine rings is 1. The van der Waals surface area contributed by atoms with Crippen LogP contribution < -0.4 is 5.32 Å². The second-order valence-corrected chi connectivity index (χ2v) is 9.31. The maximum Gasteiger partial charge on any atom is 0.317 e. The molecule has 0 radical (unpaired) electrons.